The van der Waals surface area contributed by atoms with Gasteiger partial charge in [-0.25, -0.2) is 9.18 Å². The summed E-state index contributed by atoms with van der Waals surface area (Å²) < 4.78 is 25.3. The van der Waals surface area contributed by atoms with Crippen molar-refractivity contribution in [1.29, 1.82) is 0 Å². The Bertz CT molecular complexity index is 842. The van der Waals surface area contributed by atoms with E-state index in [9.17, 15) is 14.0 Å². The molecule has 2 heterocycles. The normalized spacial score (nSPS) is 29.9. The molecule has 1 spiro atoms. The van der Waals surface area contributed by atoms with E-state index in [2.05, 4.69) is 5.32 Å². The van der Waals surface area contributed by atoms with Crippen LogP contribution in [0.2, 0.25) is 0 Å². The first-order valence-electron chi connectivity index (χ1n) is 11.1. The molecular formula is C23H29FN2O4. The van der Waals surface area contributed by atoms with Crippen LogP contribution in [0.3, 0.4) is 0 Å². The summed E-state index contributed by atoms with van der Waals surface area (Å²) in [5, 5.41) is 2.84. The number of amides is 2. The quantitative estimate of drug-likeness (QED) is 0.797. The van der Waals surface area contributed by atoms with Gasteiger partial charge in [-0.2, -0.15) is 0 Å². The number of nitrogens with zero attached hydrogens (tertiary/aromatic N) is 1. The SMILES string of the molecule is CC(Oc1ccc(C2CC2)cc1F)C1CCN(C(=O)[C@H]2C[C@]3(COC(=O)N3)C2)CC1. The Kier molecular flexibility index (Phi) is 4.86. The van der Waals surface area contributed by atoms with Gasteiger partial charge in [0.1, 0.15) is 6.61 Å². The molecule has 5 rings (SSSR count). The first-order valence-corrected chi connectivity index (χ1v) is 11.1. The lowest BCUT2D eigenvalue weighted by molar-refractivity contribution is -0.143. The number of carbonyl (C=O) groups excluding carboxylic acids is 2. The minimum atomic E-state index is -0.380. The van der Waals surface area contributed by atoms with Crippen molar-refractivity contribution in [2.45, 2.75) is 63.0 Å². The lowest BCUT2D eigenvalue weighted by atomic mass is 9.68. The second-order valence-electron chi connectivity index (χ2n) is 9.54. The van der Waals surface area contributed by atoms with Crippen LogP contribution in [0.15, 0.2) is 18.2 Å². The van der Waals surface area contributed by atoms with Gasteiger partial charge in [-0.05, 0) is 75.0 Å². The number of carbonyl (C=O) groups is 2. The fraction of sp³-hybridized carbons (Fsp3) is 0.652. The van der Waals surface area contributed by atoms with E-state index in [4.69, 9.17) is 9.47 Å². The molecule has 30 heavy (non-hydrogen) atoms. The second-order valence-corrected chi connectivity index (χ2v) is 9.54. The van der Waals surface area contributed by atoms with Crippen molar-refractivity contribution < 1.29 is 23.5 Å². The largest absolute Gasteiger partial charge is 0.487 e. The van der Waals surface area contributed by atoms with Crippen LogP contribution in [-0.4, -0.2) is 48.2 Å². The van der Waals surface area contributed by atoms with Gasteiger partial charge in [0.15, 0.2) is 11.6 Å². The van der Waals surface area contributed by atoms with Crippen molar-refractivity contribution in [1.82, 2.24) is 10.2 Å². The third-order valence-electron chi connectivity index (χ3n) is 7.30. The van der Waals surface area contributed by atoms with Crippen LogP contribution in [0, 0.1) is 17.7 Å². The van der Waals surface area contributed by atoms with Crippen LogP contribution in [0.5, 0.6) is 5.75 Å². The van der Waals surface area contributed by atoms with Crippen molar-refractivity contribution in [2.75, 3.05) is 19.7 Å². The van der Waals surface area contributed by atoms with Crippen molar-refractivity contribution in [3.8, 4) is 5.75 Å². The summed E-state index contributed by atoms with van der Waals surface area (Å²) in [7, 11) is 0. The zero-order valence-corrected chi connectivity index (χ0v) is 17.4. The molecule has 2 amide bonds. The lowest BCUT2D eigenvalue weighted by Gasteiger charge is -2.45. The molecule has 1 aromatic carbocycles. The summed E-state index contributed by atoms with van der Waals surface area (Å²) in [5.41, 5.74) is 0.748. The molecule has 1 atom stereocenters. The molecule has 4 fully saturated rings. The predicted octanol–water partition coefficient (Wildman–Crippen LogP) is 3.60. The monoisotopic (exact) mass is 416 g/mol. The molecule has 162 valence electrons. The molecule has 2 saturated heterocycles. The minimum Gasteiger partial charge on any atom is -0.487 e. The molecule has 1 N–H and O–H groups in total. The van der Waals surface area contributed by atoms with Gasteiger partial charge in [-0.15, -0.1) is 0 Å². The number of piperidine rings is 1. The molecule has 0 aromatic heterocycles. The van der Waals surface area contributed by atoms with Crippen molar-refractivity contribution in [3.05, 3.63) is 29.6 Å². The number of likely N-dealkylation sites (tertiary alicyclic amines) is 1. The maximum atomic E-state index is 14.4. The van der Waals surface area contributed by atoms with E-state index in [0.717, 1.165) is 31.2 Å². The number of benzene rings is 1. The van der Waals surface area contributed by atoms with Gasteiger partial charge >= 0.3 is 6.09 Å². The van der Waals surface area contributed by atoms with E-state index < -0.39 is 0 Å². The topological polar surface area (TPSA) is 67.9 Å². The van der Waals surface area contributed by atoms with Gasteiger partial charge in [0.25, 0.3) is 0 Å². The average molecular weight is 416 g/mol. The molecule has 4 aliphatic rings. The van der Waals surface area contributed by atoms with E-state index in [1.54, 1.807) is 12.1 Å². The van der Waals surface area contributed by atoms with E-state index in [1.165, 1.54) is 0 Å². The third-order valence-corrected chi connectivity index (χ3v) is 7.30. The summed E-state index contributed by atoms with van der Waals surface area (Å²) in [6, 6.07) is 5.35. The van der Waals surface area contributed by atoms with E-state index >= 15 is 0 Å². The lowest BCUT2D eigenvalue weighted by Crippen LogP contribution is -2.58. The molecule has 2 saturated carbocycles. The Morgan fingerprint density at radius 2 is 2.00 bits per heavy atom. The van der Waals surface area contributed by atoms with Gasteiger partial charge in [0, 0.05) is 19.0 Å². The van der Waals surface area contributed by atoms with E-state index in [-0.39, 0.29) is 35.4 Å². The average Bonchev–Trinajstić information content (AvgIpc) is 3.49. The number of nitrogens with one attached hydrogen (secondary N) is 1. The highest BCUT2D eigenvalue weighted by Gasteiger charge is 2.53. The maximum absolute atomic E-state index is 14.4. The molecule has 0 bridgehead atoms. The summed E-state index contributed by atoms with van der Waals surface area (Å²) in [4.78, 5) is 26.0. The van der Waals surface area contributed by atoms with Crippen molar-refractivity contribution >= 4 is 12.0 Å². The number of ether oxygens (including phenoxy) is 2. The zero-order valence-electron chi connectivity index (χ0n) is 17.4. The van der Waals surface area contributed by atoms with Crippen molar-refractivity contribution in [2.24, 2.45) is 11.8 Å². The summed E-state index contributed by atoms with van der Waals surface area (Å²) in [6.45, 7) is 3.76. The highest BCUT2D eigenvalue weighted by Crippen LogP contribution is 2.42. The number of alkyl carbamates (subject to hydrolysis) is 1. The first kappa shape index (κ1) is 19.6. The Morgan fingerprint density at radius 1 is 1.27 bits per heavy atom. The van der Waals surface area contributed by atoms with Crippen molar-refractivity contribution in [3.63, 3.8) is 0 Å². The summed E-state index contributed by atoms with van der Waals surface area (Å²) in [5.74, 6) is 1.02. The third kappa shape index (κ3) is 3.74. The molecule has 2 aliphatic carbocycles. The number of halogens is 1. The van der Waals surface area contributed by atoms with Gasteiger partial charge in [0.05, 0.1) is 11.6 Å². The molecule has 6 nitrogen and oxygen atoms in total. The standard InChI is InChI=1S/C23H29FN2O4/c1-14(30-20-5-4-17(10-19(20)24)16-2-3-16)15-6-8-26(9-7-15)21(27)18-11-23(12-18)13-29-22(28)25-23/h4-5,10,14-16,18H,2-3,6-9,11-13H2,1H3,(H,25,28)/t14?,18-,23+. The fourth-order valence-corrected chi connectivity index (χ4v) is 5.20. The van der Waals surface area contributed by atoms with E-state index in [0.29, 0.717) is 50.1 Å². The molecular weight excluding hydrogens is 387 g/mol. The smallest absolute Gasteiger partial charge is 0.407 e. The molecule has 7 heteroatoms. The molecule has 1 aromatic rings. The number of cyclic esters (lactones) is 1. The molecule has 1 unspecified atom stereocenters. The highest BCUT2D eigenvalue weighted by atomic mass is 19.1. The second kappa shape index (κ2) is 7.43. The Balaban J connectivity index is 1.10. The maximum Gasteiger partial charge on any atom is 0.407 e. The van der Waals surface area contributed by atoms with Crippen LogP contribution >= 0.6 is 0 Å². The van der Waals surface area contributed by atoms with Crippen LogP contribution < -0.4 is 10.1 Å². The number of hydrogen-bond donors (Lipinski definition) is 1. The molecule has 0 radical (unpaired) electrons. The first-order chi connectivity index (χ1) is 14.4. The number of hydrogen-bond acceptors (Lipinski definition) is 4. The zero-order chi connectivity index (χ0) is 20.9. The summed E-state index contributed by atoms with van der Waals surface area (Å²) in [6.07, 6.45) is 4.85. The van der Waals surface area contributed by atoms with Gasteiger partial charge in [-0.3, -0.25) is 4.79 Å². The van der Waals surface area contributed by atoms with Gasteiger partial charge < -0.3 is 19.7 Å². The number of rotatable bonds is 5. The Labute approximate surface area is 176 Å². The van der Waals surface area contributed by atoms with Gasteiger partial charge in [0.2, 0.25) is 5.91 Å². The predicted molar refractivity (Wildman–Crippen MR) is 108 cm³/mol. The molecule has 2 aliphatic heterocycles. The van der Waals surface area contributed by atoms with Crippen LogP contribution in [0.25, 0.3) is 0 Å². The Hall–Kier alpha value is -2.31. The van der Waals surface area contributed by atoms with Crippen LogP contribution in [0.1, 0.15) is 56.9 Å². The minimum absolute atomic E-state index is 0.0312. The Morgan fingerprint density at radius 3 is 2.60 bits per heavy atom. The highest BCUT2D eigenvalue weighted by molar-refractivity contribution is 5.81. The van der Waals surface area contributed by atoms with Gasteiger partial charge in [-0.1, -0.05) is 6.07 Å². The fourth-order valence-electron chi connectivity index (χ4n) is 5.20. The van der Waals surface area contributed by atoms with E-state index in [1.807, 2.05) is 17.9 Å². The van der Waals surface area contributed by atoms with Crippen LogP contribution in [-0.2, 0) is 9.53 Å². The van der Waals surface area contributed by atoms with Crippen LogP contribution in [0.4, 0.5) is 9.18 Å². The summed E-state index contributed by atoms with van der Waals surface area (Å²) >= 11 is 0.